The third kappa shape index (κ3) is 16.2. The van der Waals surface area contributed by atoms with Crippen LogP contribution < -0.4 is 21.7 Å². The molecule has 8 unspecified atom stereocenters. The fraction of sp³-hybridized carbons (Fsp3) is 0.545. The van der Waals surface area contributed by atoms with Crippen molar-refractivity contribution in [3.8, 4) is 0 Å². The number of fused-ring (bicyclic) bond motifs is 1. The number of phosphoric ester groups is 3. The first-order chi connectivity index (χ1) is 29.9. The van der Waals surface area contributed by atoms with Gasteiger partial charge in [0.2, 0.25) is 22.8 Å². The number of thiol groups is 1. The van der Waals surface area contributed by atoms with E-state index in [-0.39, 0.29) is 59.8 Å². The van der Waals surface area contributed by atoms with Gasteiger partial charge >= 0.3 is 23.5 Å². The molecule has 0 saturated carbocycles. The van der Waals surface area contributed by atoms with E-state index in [4.69, 9.17) is 19.5 Å². The Balaban J connectivity index is 1.16. The number of benzene rings is 1. The summed E-state index contributed by atoms with van der Waals surface area (Å²) in [7, 11) is -16.5. The topological polar surface area (TPSA) is 393 Å². The molecule has 2 aromatic heterocycles. The van der Waals surface area contributed by atoms with Gasteiger partial charge in [0.1, 0.15) is 36.3 Å². The molecule has 31 heteroatoms. The molecule has 0 bridgehead atoms. The number of nitrogens with one attached hydrogen (secondary N) is 3. The molecule has 0 radical (unpaired) electrons. The first-order valence-electron chi connectivity index (χ1n) is 18.9. The number of nitrogens with two attached hydrogens (primary N) is 1. The normalized spacial score (nSPS) is 20.8. The van der Waals surface area contributed by atoms with Crippen LogP contribution in [0.5, 0.6) is 0 Å². The molecule has 1 saturated heterocycles. The second kappa shape index (κ2) is 23.4. The van der Waals surface area contributed by atoms with Crippen LogP contribution in [0.25, 0.3) is 11.2 Å². The lowest BCUT2D eigenvalue weighted by Crippen LogP contribution is -2.46. The van der Waals surface area contributed by atoms with E-state index in [1.54, 1.807) is 0 Å². The molecule has 64 heavy (non-hydrogen) atoms. The number of anilines is 1. The van der Waals surface area contributed by atoms with Crippen molar-refractivity contribution in [1.29, 1.82) is 0 Å². The van der Waals surface area contributed by atoms with E-state index in [2.05, 4.69) is 52.4 Å². The number of carbonyl (C=O) groups is 4. The van der Waals surface area contributed by atoms with E-state index in [1.807, 2.05) is 30.3 Å². The predicted octanol–water partition coefficient (Wildman–Crippen LogP) is -0.430. The molecule has 3 aromatic rings. The van der Waals surface area contributed by atoms with Gasteiger partial charge in [-0.25, -0.2) is 28.6 Å². The number of amides is 3. The van der Waals surface area contributed by atoms with Crippen molar-refractivity contribution in [1.82, 2.24) is 35.5 Å². The van der Waals surface area contributed by atoms with Crippen LogP contribution in [0.4, 0.5) is 5.82 Å². The molecular weight excluding hydrogens is 953 g/mol. The molecule has 0 aliphatic carbocycles. The summed E-state index contributed by atoms with van der Waals surface area (Å²) >= 11 is 5.15. The highest BCUT2D eigenvalue weighted by Gasteiger charge is 2.50. The van der Waals surface area contributed by atoms with Crippen LogP contribution in [-0.4, -0.2) is 141 Å². The number of imidazole rings is 1. The van der Waals surface area contributed by atoms with Gasteiger partial charge in [-0.1, -0.05) is 55.9 Å². The number of hydrogen-bond donors (Lipinski definition) is 11. The summed E-state index contributed by atoms with van der Waals surface area (Å²) in [6.45, 7) is 0.0391. The molecule has 3 heterocycles. The highest BCUT2D eigenvalue weighted by atomic mass is 32.2. The first-order valence-corrected chi connectivity index (χ1v) is 25.0. The molecule has 0 spiro atoms. The Labute approximate surface area is 374 Å². The molecule has 356 valence electrons. The SMILES string of the molecule is CC(C)(COP(=O)(O)OP(=O)(O)OCC1OC(n2cnc3c(N)ncnc32)C(O)C1OP(=O)(O)O)C(O)C(=O)NCCC(=O)NCCSC(=O)CNC(=O)C(CS)Cc1ccccc1. The minimum atomic E-state index is -5.60. The molecule has 4 rings (SSSR count). The summed E-state index contributed by atoms with van der Waals surface area (Å²) in [5.41, 5.74) is 5.18. The van der Waals surface area contributed by atoms with Crippen molar-refractivity contribution >= 4 is 87.7 Å². The van der Waals surface area contributed by atoms with Crippen molar-refractivity contribution in [2.45, 2.75) is 57.3 Å². The fourth-order valence-electron chi connectivity index (χ4n) is 5.79. The summed E-state index contributed by atoms with van der Waals surface area (Å²) in [4.78, 5) is 101. The zero-order valence-corrected chi connectivity index (χ0v) is 38.4. The van der Waals surface area contributed by atoms with Crippen molar-refractivity contribution in [3.05, 3.63) is 48.5 Å². The third-order valence-electron chi connectivity index (χ3n) is 9.09. The third-order valence-corrected chi connectivity index (χ3v) is 13.5. The Bertz CT molecular complexity index is 2240. The lowest BCUT2D eigenvalue weighted by atomic mass is 9.87. The molecule has 1 fully saturated rings. The number of aromatic nitrogens is 4. The maximum absolute atomic E-state index is 12.7. The lowest BCUT2D eigenvalue weighted by Gasteiger charge is -2.30. The molecule has 1 aliphatic heterocycles. The van der Waals surface area contributed by atoms with Gasteiger partial charge in [0, 0.05) is 36.4 Å². The molecule has 11 N–H and O–H groups in total. The Hall–Kier alpha value is -3.40. The Morgan fingerprint density at radius 1 is 0.984 bits per heavy atom. The number of hydrogen-bond acceptors (Lipinski definition) is 20. The largest absolute Gasteiger partial charge is 0.481 e. The average molecular weight is 1000 g/mol. The Morgan fingerprint density at radius 2 is 1.67 bits per heavy atom. The highest BCUT2D eigenvalue weighted by Crippen LogP contribution is 2.61. The van der Waals surface area contributed by atoms with E-state index in [0.717, 1.165) is 34.5 Å². The number of nitrogen functional groups attached to an aromatic ring is 1. The Morgan fingerprint density at radius 3 is 2.34 bits per heavy atom. The van der Waals surface area contributed by atoms with Gasteiger partial charge in [-0.05, 0) is 12.0 Å². The van der Waals surface area contributed by atoms with Gasteiger partial charge in [0.05, 0.1) is 32.0 Å². The zero-order valence-electron chi connectivity index (χ0n) is 34.0. The lowest BCUT2D eigenvalue weighted by molar-refractivity contribution is -0.137. The van der Waals surface area contributed by atoms with Crippen LogP contribution in [0, 0.1) is 11.3 Å². The van der Waals surface area contributed by atoms with Crippen molar-refractivity contribution in [2.24, 2.45) is 11.3 Å². The van der Waals surface area contributed by atoms with Crippen molar-refractivity contribution in [2.75, 3.05) is 50.1 Å². The standard InChI is InChI=1S/C33H49N8O18P3S2/c1-33(2,27(45)31(47)36-9-8-22(42)35-10-11-64-23(43)13-37-30(46)20(15-63)12-19-6-4-3-5-7-19)16-56-62(53,54)59-61(51,52)55-14-21-26(58-60(48,49)50)25(44)32(57-21)41-18-40-24-28(34)38-17-39-29(24)41/h3-7,17-18,20-21,25-27,32,44-45,63H,8-16H2,1-2H3,(H,35,42)(H,36,47)(H,37,46)(H,51,52)(H,53,54)(H2,34,38,39)(H2,48,49,50). The van der Waals surface area contributed by atoms with Crippen LogP contribution >= 0.6 is 47.9 Å². The van der Waals surface area contributed by atoms with E-state index < -0.39 is 90.5 Å². The number of rotatable bonds is 25. The van der Waals surface area contributed by atoms with Crippen molar-refractivity contribution in [3.63, 3.8) is 0 Å². The highest BCUT2D eigenvalue weighted by molar-refractivity contribution is 8.13. The molecule has 26 nitrogen and oxygen atoms in total. The van der Waals surface area contributed by atoms with Crippen LogP contribution in [0.3, 0.4) is 0 Å². The van der Waals surface area contributed by atoms with Gasteiger partial charge in [-0.2, -0.15) is 16.9 Å². The van der Waals surface area contributed by atoms with E-state index in [9.17, 15) is 62.7 Å². The second-order valence-electron chi connectivity index (χ2n) is 14.6. The minimum Gasteiger partial charge on any atom is -0.386 e. The van der Waals surface area contributed by atoms with Gasteiger partial charge in [0.25, 0.3) is 0 Å². The molecule has 1 aliphatic rings. The number of aliphatic hydroxyl groups excluding tert-OH is 2. The average Bonchev–Trinajstić information content (AvgIpc) is 3.79. The molecule has 1 aromatic carbocycles. The number of aliphatic hydroxyl groups is 2. The summed E-state index contributed by atoms with van der Waals surface area (Å²) in [5.74, 6) is -1.81. The van der Waals surface area contributed by atoms with E-state index >= 15 is 0 Å². The molecule has 3 amide bonds. The van der Waals surface area contributed by atoms with E-state index in [1.165, 1.54) is 13.8 Å². The van der Waals surface area contributed by atoms with E-state index in [0.29, 0.717) is 12.2 Å². The summed E-state index contributed by atoms with van der Waals surface area (Å²) < 4.78 is 62.3. The zero-order chi connectivity index (χ0) is 47.5. The van der Waals surface area contributed by atoms with Crippen LogP contribution in [-0.2, 0) is 61.9 Å². The number of phosphoric acid groups is 3. The second-order valence-corrected chi connectivity index (χ2v) is 20.3. The van der Waals surface area contributed by atoms with Gasteiger partial charge < -0.3 is 56.2 Å². The van der Waals surface area contributed by atoms with Crippen LogP contribution in [0.15, 0.2) is 43.0 Å². The monoisotopic (exact) mass is 1000 g/mol. The quantitative estimate of drug-likeness (QED) is 0.0291. The number of nitrogens with zero attached hydrogens (tertiary/aromatic N) is 4. The molecular formula is C33H49N8O18P3S2. The van der Waals surface area contributed by atoms with Crippen LogP contribution in [0.1, 0.15) is 32.1 Å². The summed E-state index contributed by atoms with van der Waals surface area (Å²) in [6.07, 6.45) is -6.62. The number of ether oxygens (including phenoxy) is 1. The number of carbonyl (C=O) groups excluding carboxylic acids is 4. The first kappa shape index (κ1) is 53.2. The maximum atomic E-state index is 12.7. The summed E-state index contributed by atoms with van der Waals surface area (Å²) in [5, 5.41) is 28.7. The molecule has 8 atom stereocenters. The predicted molar refractivity (Wildman–Crippen MR) is 228 cm³/mol. The summed E-state index contributed by atoms with van der Waals surface area (Å²) in [6, 6.07) is 9.37. The van der Waals surface area contributed by atoms with Gasteiger partial charge in [0.15, 0.2) is 17.7 Å². The van der Waals surface area contributed by atoms with Gasteiger partial charge in [-0.3, -0.25) is 37.3 Å². The Kier molecular flexibility index (Phi) is 19.4. The smallest absolute Gasteiger partial charge is 0.386 e. The van der Waals surface area contributed by atoms with Gasteiger partial charge in [-0.15, -0.1) is 0 Å². The maximum Gasteiger partial charge on any atom is 0.481 e. The van der Waals surface area contributed by atoms with Crippen molar-refractivity contribution < 1.29 is 85.3 Å². The minimum absolute atomic E-state index is 0.0212. The van der Waals surface area contributed by atoms with Crippen LogP contribution in [0.2, 0.25) is 0 Å². The number of thioether (sulfide) groups is 1. The fourth-order valence-corrected chi connectivity index (χ4v) is 9.52.